The number of nitrogens with one attached hydrogen (secondary N) is 1. The van der Waals surface area contributed by atoms with Gasteiger partial charge >= 0.3 is 0 Å². The van der Waals surface area contributed by atoms with Gasteiger partial charge in [0, 0.05) is 35.6 Å². The van der Waals surface area contributed by atoms with E-state index in [1.54, 1.807) is 0 Å². The van der Waals surface area contributed by atoms with Gasteiger partial charge in [0.05, 0.1) is 23.3 Å². The molecule has 3 heterocycles. The number of aryl methyl sites for hydroxylation is 1. The monoisotopic (exact) mass is 434 g/mol. The normalized spacial score (nSPS) is 15.0. The molecule has 0 fully saturated rings. The molecular weight excluding hydrogens is 408 g/mol. The molecule has 0 saturated carbocycles. The van der Waals surface area contributed by atoms with Crippen LogP contribution in [0.1, 0.15) is 30.0 Å². The van der Waals surface area contributed by atoms with Crippen molar-refractivity contribution in [1.82, 2.24) is 24.6 Å². The summed E-state index contributed by atoms with van der Waals surface area (Å²) in [5, 5.41) is 14.4. The van der Waals surface area contributed by atoms with Gasteiger partial charge in [-0.2, -0.15) is 5.10 Å². The van der Waals surface area contributed by atoms with E-state index in [2.05, 4.69) is 92.6 Å². The van der Waals surface area contributed by atoms with Gasteiger partial charge in [-0.15, -0.1) is 5.10 Å². The Hall–Kier alpha value is -3.77. The highest BCUT2D eigenvalue weighted by Gasteiger charge is 2.24. The Bertz CT molecular complexity index is 1460. The van der Waals surface area contributed by atoms with Crippen molar-refractivity contribution in [2.45, 2.75) is 33.0 Å². The molecule has 1 N–H and O–H groups in total. The van der Waals surface area contributed by atoms with Crippen LogP contribution in [0.4, 0.5) is 11.5 Å². The molecule has 1 aliphatic rings. The van der Waals surface area contributed by atoms with Crippen molar-refractivity contribution in [1.29, 1.82) is 0 Å². The maximum atomic E-state index is 5.00. The van der Waals surface area contributed by atoms with Gasteiger partial charge in [-0.3, -0.25) is 4.90 Å². The van der Waals surface area contributed by atoms with E-state index in [0.717, 1.165) is 58.9 Å². The second kappa shape index (κ2) is 7.98. The number of anilines is 2. The summed E-state index contributed by atoms with van der Waals surface area (Å²) in [6, 6.07) is 25.7. The van der Waals surface area contributed by atoms with E-state index >= 15 is 0 Å². The fraction of sp³-hybridized carbons (Fsp3) is 0.222. The number of hydrogen-bond donors (Lipinski definition) is 1. The fourth-order valence-corrected chi connectivity index (χ4v) is 4.86. The van der Waals surface area contributed by atoms with Crippen LogP contribution in [0.3, 0.4) is 0 Å². The van der Waals surface area contributed by atoms with E-state index in [1.807, 2.05) is 19.1 Å². The summed E-state index contributed by atoms with van der Waals surface area (Å²) in [6.07, 6.45) is 0. The lowest BCUT2D eigenvalue weighted by atomic mass is 10.1. The third kappa shape index (κ3) is 3.52. The van der Waals surface area contributed by atoms with E-state index in [-0.39, 0.29) is 0 Å². The van der Waals surface area contributed by atoms with Crippen LogP contribution < -0.4 is 5.32 Å². The van der Waals surface area contributed by atoms with E-state index in [1.165, 1.54) is 11.1 Å². The second-order valence-corrected chi connectivity index (χ2v) is 8.74. The molecule has 164 valence electrons. The van der Waals surface area contributed by atoms with Crippen LogP contribution in [0.5, 0.6) is 0 Å². The third-order valence-corrected chi connectivity index (χ3v) is 6.75. The predicted octanol–water partition coefficient (Wildman–Crippen LogP) is 5.61. The van der Waals surface area contributed by atoms with Crippen molar-refractivity contribution in [2.24, 2.45) is 0 Å². The standard InChI is InChI=1S/C27H26N6/c1-18-22-10-6-7-11-23(22)27(31-30-18)28-21-12-13-25-24(16-21)29-26-17-32(14-15-33(25)26)19(2)20-8-4-3-5-9-20/h3-13,16,19H,14-15,17H2,1-2H3,(H,28,31)/t19-/m1/s1. The molecule has 1 atom stereocenters. The summed E-state index contributed by atoms with van der Waals surface area (Å²) in [5.74, 6) is 1.89. The highest BCUT2D eigenvalue weighted by Crippen LogP contribution is 2.30. The van der Waals surface area contributed by atoms with E-state index in [4.69, 9.17) is 4.98 Å². The molecular formula is C27H26N6. The first-order valence-electron chi connectivity index (χ1n) is 11.4. The van der Waals surface area contributed by atoms with Crippen LogP contribution in [0.25, 0.3) is 21.8 Å². The molecule has 0 amide bonds. The van der Waals surface area contributed by atoms with Crippen molar-refractivity contribution in [2.75, 3.05) is 11.9 Å². The number of rotatable bonds is 4. The SMILES string of the molecule is Cc1nnc(Nc2ccc3c(c2)nc2n3CCN([C@H](C)c3ccccc3)C2)c2ccccc12. The molecule has 6 nitrogen and oxygen atoms in total. The Labute approximate surface area is 192 Å². The topological polar surface area (TPSA) is 58.9 Å². The minimum Gasteiger partial charge on any atom is -0.338 e. The van der Waals surface area contributed by atoms with Crippen LogP contribution in [0.2, 0.25) is 0 Å². The van der Waals surface area contributed by atoms with Crippen LogP contribution in [0.15, 0.2) is 72.8 Å². The zero-order valence-corrected chi connectivity index (χ0v) is 18.9. The lowest BCUT2D eigenvalue weighted by Crippen LogP contribution is -2.35. The first-order chi connectivity index (χ1) is 16.2. The average Bonchev–Trinajstić information content (AvgIpc) is 3.23. The van der Waals surface area contributed by atoms with Crippen LogP contribution in [-0.2, 0) is 13.1 Å². The number of nitrogens with zero attached hydrogens (tertiary/aromatic N) is 5. The molecule has 1 aliphatic heterocycles. The minimum absolute atomic E-state index is 0.366. The first kappa shape index (κ1) is 19.9. The molecule has 3 aromatic carbocycles. The van der Waals surface area contributed by atoms with Gasteiger partial charge < -0.3 is 9.88 Å². The van der Waals surface area contributed by atoms with Crippen molar-refractivity contribution in [3.63, 3.8) is 0 Å². The Balaban J connectivity index is 1.29. The molecule has 0 saturated heterocycles. The van der Waals surface area contributed by atoms with Crippen LogP contribution >= 0.6 is 0 Å². The zero-order valence-electron chi connectivity index (χ0n) is 18.9. The van der Waals surface area contributed by atoms with E-state index < -0.39 is 0 Å². The number of benzene rings is 3. The van der Waals surface area contributed by atoms with E-state index in [9.17, 15) is 0 Å². The van der Waals surface area contributed by atoms with Crippen molar-refractivity contribution in [3.8, 4) is 0 Å². The lowest BCUT2D eigenvalue weighted by Gasteiger charge is -2.33. The summed E-state index contributed by atoms with van der Waals surface area (Å²) in [4.78, 5) is 7.51. The second-order valence-electron chi connectivity index (χ2n) is 8.74. The maximum absolute atomic E-state index is 5.00. The van der Waals surface area contributed by atoms with Gasteiger partial charge in [0.15, 0.2) is 5.82 Å². The van der Waals surface area contributed by atoms with Gasteiger partial charge in [-0.05, 0) is 37.6 Å². The zero-order chi connectivity index (χ0) is 22.4. The summed E-state index contributed by atoms with van der Waals surface area (Å²) in [7, 11) is 0. The number of aromatic nitrogens is 4. The molecule has 0 spiro atoms. The molecule has 33 heavy (non-hydrogen) atoms. The predicted molar refractivity (Wildman–Crippen MR) is 133 cm³/mol. The molecule has 0 radical (unpaired) electrons. The summed E-state index contributed by atoms with van der Waals surface area (Å²) >= 11 is 0. The molecule has 5 aromatic rings. The number of imidazole rings is 1. The van der Waals surface area contributed by atoms with Crippen LogP contribution in [-0.4, -0.2) is 31.2 Å². The van der Waals surface area contributed by atoms with Gasteiger partial charge in [0.25, 0.3) is 0 Å². The molecule has 0 aliphatic carbocycles. The Morgan fingerprint density at radius 3 is 2.52 bits per heavy atom. The number of hydrogen-bond acceptors (Lipinski definition) is 5. The summed E-state index contributed by atoms with van der Waals surface area (Å²) < 4.78 is 2.36. The molecule has 0 bridgehead atoms. The van der Waals surface area contributed by atoms with Gasteiger partial charge in [0.1, 0.15) is 5.82 Å². The number of fused-ring (bicyclic) bond motifs is 4. The van der Waals surface area contributed by atoms with Crippen molar-refractivity contribution >= 4 is 33.3 Å². The average molecular weight is 435 g/mol. The smallest absolute Gasteiger partial charge is 0.160 e. The highest BCUT2D eigenvalue weighted by molar-refractivity contribution is 5.94. The highest BCUT2D eigenvalue weighted by atomic mass is 15.3. The Kier molecular flexibility index (Phi) is 4.80. The summed E-state index contributed by atoms with van der Waals surface area (Å²) in [6.45, 7) is 7.08. The van der Waals surface area contributed by atoms with E-state index in [0.29, 0.717) is 6.04 Å². The summed E-state index contributed by atoms with van der Waals surface area (Å²) in [5.41, 5.74) is 5.44. The fourth-order valence-electron chi connectivity index (χ4n) is 4.86. The van der Waals surface area contributed by atoms with Gasteiger partial charge in [-0.1, -0.05) is 54.6 Å². The van der Waals surface area contributed by atoms with Gasteiger partial charge in [-0.25, -0.2) is 4.98 Å². The first-order valence-corrected chi connectivity index (χ1v) is 11.4. The molecule has 0 unspecified atom stereocenters. The van der Waals surface area contributed by atoms with Crippen molar-refractivity contribution < 1.29 is 0 Å². The largest absolute Gasteiger partial charge is 0.338 e. The lowest BCUT2D eigenvalue weighted by molar-refractivity contribution is 0.165. The Morgan fingerprint density at radius 1 is 0.879 bits per heavy atom. The van der Waals surface area contributed by atoms with Gasteiger partial charge in [0.2, 0.25) is 0 Å². The molecule has 6 heteroatoms. The quantitative estimate of drug-likeness (QED) is 0.398. The molecule has 2 aromatic heterocycles. The van der Waals surface area contributed by atoms with Crippen molar-refractivity contribution in [3.05, 3.63) is 89.9 Å². The Morgan fingerprint density at radius 2 is 1.67 bits per heavy atom. The minimum atomic E-state index is 0.366. The maximum Gasteiger partial charge on any atom is 0.160 e. The van der Waals surface area contributed by atoms with Crippen LogP contribution in [0, 0.1) is 6.92 Å². The molecule has 6 rings (SSSR count). The third-order valence-electron chi connectivity index (χ3n) is 6.75.